The van der Waals surface area contributed by atoms with Crippen molar-refractivity contribution in [3.8, 4) is 0 Å². The molecule has 102 valence electrons. The number of rotatable bonds is 2. The van der Waals surface area contributed by atoms with Gasteiger partial charge in [-0.2, -0.15) is 0 Å². The van der Waals surface area contributed by atoms with Gasteiger partial charge in [-0.3, -0.25) is 4.90 Å². The molecule has 3 rings (SSSR count). The highest BCUT2D eigenvalue weighted by molar-refractivity contribution is 5.26. The van der Waals surface area contributed by atoms with Crippen molar-refractivity contribution >= 4 is 0 Å². The summed E-state index contributed by atoms with van der Waals surface area (Å²) in [4.78, 5) is 2.74. The molecule has 1 aliphatic heterocycles. The van der Waals surface area contributed by atoms with Gasteiger partial charge < -0.3 is 5.11 Å². The van der Waals surface area contributed by atoms with E-state index < -0.39 is 0 Å². The average molecular weight is 249 g/mol. The van der Waals surface area contributed by atoms with Crippen LogP contribution in [0, 0.1) is 5.92 Å². The predicted octanol–water partition coefficient (Wildman–Crippen LogP) is 3.11. The van der Waals surface area contributed by atoms with E-state index in [9.17, 15) is 5.11 Å². The average Bonchev–Trinajstić information content (AvgIpc) is 2.38. The molecule has 18 heavy (non-hydrogen) atoms. The molecular weight excluding hydrogens is 222 g/mol. The van der Waals surface area contributed by atoms with E-state index in [1.807, 2.05) is 0 Å². The molecule has 2 nitrogen and oxygen atoms in total. The molecule has 1 saturated heterocycles. The number of likely N-dealkylation sites (tertiary alicyclic amines) is 1. The third kappa shape index (κ3) is 2.25. The summed E-state index contributed by atoms with van der Waals surface area (Å²) in [5, 5.41) is 10.2. The molecule has 3 aliphatic rings. The van der Waals surface area contributed by atoms with Crippen molar-refractivity contribution in [1.82, 2.24) is 4.90 Å². The number of nitrogens with zero attached hydrogens (tertiary/aromatic N) is 1. The van der Waals surface area contributed by atoms with Gasteiger partial charge in [0.2, 0.25) is 0 Å². The van der Waals surface area contributed by atoms with Crippen LogP contribution in [0.4, 0.5) is 0 Å². The molecule has 0 spiro atoms. The van der Waals surface area contributed by atoms with Gasteiger partial charge in [-0.15, -0.1) is 0 Å². The lowest BCUT2D eigenvalue weighted by Crippen LogP contribution is -2.48. The molecule has 0 aromatic rings. The van der Waals surface area contributed by atoms with E-state index in [1.54, 1.807) is 5.57 Å². The lowest BCUT2D eigenvalue weighted by atomic mass is 9.70. The number of fused-ring (bicyclic) bond motifs is 1. The molecule has 0 aromatic heterocycles. The Hall–Kier alpha value is -0.340. The molecule has 3 atom stereocenters. The lowest BCUT2D eigenvalue weighted by molar-refractivity contribution is 0.0722. The van der Waals surface area contributed by atoms with Gasteiger partial charge in [0.1, 0.15) is 0 Å². The Morgan fingerprint density at radius 3 is 2.94 bits per heavy atom. The SMILES string of the molecule is CCCN1CCC[C@@H]2CC3=C(CCCC3O)C[C@H]21. The van der Waals surface area contributed by atoms with Crippen molar-refractivity contribution in [3.05, 3.63) is 11.1 Å². The second-order valence-corrected chi connectivity index (χ2v) is 6.45. The molecule has 2 aliphatic carbocycles. The summed E-state index contributed by atoms with van der Waals surface area (Å²) in [5.74, 6) is 0.830. The van der Waals surface area contributed by atoms with Crippen molar-refractivity contribution < 1.29 is 5.11 Å². The van der Waals surface area contributed by atoms with Crippen LogP contribution in [0.15, 0.2) is 11.1 Å². The zero-order valence-electron chi connectivity index (χ0n) is 11.7. The van der Waals surface area contributed by atoms with Crippen LogP contribution in [0.2, 0.25) is 0 Å². The van der Waals surface area contributed by atoms with Gasteiger partial charge in [0.05, 0.1) is 6.10 Å². The third-order valence-corrected chi connectivity index (χ3v) is 5.29. The maximum Gasteiger partial charge on any atom is 0.0753 e. The minimum atomic E-state index is -0.101. The molecule has 0 bridgehead atoms. The zero-order chi connectivity index (χ0) is 12.5. The highest BCUT2D eigenvalue weighted by atomic mass is 16.3. The van der Waals surface area contributed by atoms with E-state index >= 15 is 0 Å². The third-order valence-electron chi connectivity index (χ3n) is 5.29. The Bertz CT molecular complexity index is 334. The Kier molecular flexibility index (Phi) is 3.76. The van der Waals surface area contributed by atoms with Crippen LogP contribution in [0.5, 0.6) is 0 Å². The van der Waals surface area contributed by atoms with Crippen molar-refractivity contribution in [2.75, 3.05) is 13.1 Å². The summed E-state index contributed by atoms with van der Waals surface area (Å²) < 4.78 is 0. The van der Waals surface area contributed by atoms with Crippen LogP contribution in [0.25, 0.3) is 0 Å². The summed E-state index contributed by atoms with van der Waals surface area (Å²) in [6.07, 6.45) is 9.84. The van der Waals surface area contributed by atoms with Crippen LogP contribution in [-0.2, 0) is 0 Å². The second-order valence-electron chi connectivity index (χ2n) is 6.45. The minimum absolute atomic E-state index is 0.101. The smallest absolute Gasteiger partial charge is 0.0753 e. The highest BCUT2D eigenvalue weighted by Crippen LogP contribution is 2.43. The van der Waals surface area contributed by atoms with Crippen LogP contribution in [-0.4, -0.2) is 35.2 Å². The van der Waals surface area contributed by atoms with E-state index in [0.29, 0.717) is 0 Å². The van der Waals surface area contributed by atoms with Crippen LogP contribution < -0.4 is 0 Å². The van der Waals surface area contributed by atoms with Gasteiger partial charge in [0.25, 0.3) is 0 Å². The van der Waals surface area contributed by atoms with Gasteiger partial charge in [0, 0.05) is 6.04 Å². The van der Waals surface area contributed by atoms with E-state index in [2.05, 4.69) is 11.8 Å². The molecule has 1 fully saturated rings. The topological polar surface area (TPSA) is 23.5 Å². The lowest BCUT2D eigenvalue weighted by Gasteiger charge is -2.47. The van der Waals surface area contributed by atoms with Crippen LogP contribution in [0.1, 0.15) is 58.3 Å². The molecule has 2 heteroatoms. The van der Waals surface area contributed by atoms with Crippen molar-refractivity contribution in [2.24, 2.45) is 5.92 Å². The van der Waals surface area contributed by atoms with Gasteiger partial charge >= 0.3 is 0 Å². The maximum atomic E-state index is 10.2. The Labute approximate surface area is 111 Å². The van der Waals surface area contributed by atoms with Crippen LogP contribution >= 0.6 is 0 Å². The number of aliphatic hydroxyl groups excluding tert-OH is 1. The van der Waals surface area contributed by atoms with Crippen molar-refractivity contribution in [1.29, 1.82) is 0 Å². The Morgan fingerprint density at radius 1 is 1.22 bits per heavy atom. The van der Waals surface area contributed by atoms with Crippen molar-refractivity contribution in [2.45, 2.75) is 70.4 Å². The summed E-state index contributed by atoms with van der Waals surface area (Å²) in [6.45, 7) is 4.87. The van der Waals surface area contributed by atoms with Gasteiger partial charge in [-0.05, 0) is 75.9 Å². The van der Waals surface area contributed by atoms with Gasteiger partial charge in [-0.1, -0.05) is 12.5 Å². The fourth-order valence-electron chi connectivity index (χ4n) is 4.44. The van der Waals surface area contributed by atoms with Crippen LogP contribution in [0.3, 0.4) is 0 Å². The Morgan fingerprint density at radius 2 is 2.11 bits per heavy atom. The normalized spacial score (nSPS) is 37.3. The molecule has 0 radical (unpaired) electrons. The summed E-state index contributed by atoms with van der Waals surface area (Å²) in [5.41, 5.74) is 3.07. The predicted molar refractivity (Wildman–Crippen MR) is 74.5 cm³/mol. The van der Waals surface area contributed by atoms with E-state index in [0.717, 1.165) is 18.4 Å². The first-order valence-corrected chi connectivity index (χ1v) is 7.92. The number of piperidine rings is 1. The monoisotopic (exact) mass is 249 g/mol. The fraction of sp³-hybridized carbons (Fsp3) is 0.875. The highest BCUT2D eigenvalue weighted by Gasteiger charge is 2.38. The standard InChI is InChI=1S/C16H27NO/c1-2-8-17-9-4-6-13-10-14-12(11-15(13)17)5-3-7-16(14)18/h13,15-16,18H,2-11H2,1H3/t13-,15-,16?/m1/s1. The minimum Gasteiger partial charge on any atom is -0.389 e. The second kappa shape index (κ2) is 5.34. The summed E-state index contributed by atoms with van der Waals surface area (Å²) in [7, 11) is 0. The van der Waals surface area contributed by atoms with Gasteiger partial charge in [0.15, 0.2) is 0 Å². The number of aliphatic hydroxyl groups is 1. The van der Waals surface area contributed by atoms with E-state index in [1.165, 1.54) is 63.6 Å². The Balaban J connectivity index is 1.79. The maximum absolute atomic E-state index is 10.2. The van der Waals surface area contributed by atoms with Crippen molar-refractivity contribution in [3.63, 3.8) is 0 Å². The largest absolute Gasteiger partial charge is 0.389 e. The molecule has 1 heterocycles. The first kappa shape index (κ1) is 12.7. The fourth-order valence-corrected chi connectivity index (χ4v) is 4.44. The number of hydrogen-bond acceptors (Lipinski definition) is 2. The summed E-state index contributed by atoms with van der Waals surface area (Å²) in [6, 6.07) is 0.794. The quantitative estimate of drug-likeness (QED) is 0.760. The summed E-state index contributed by atoms with van der Waals surface area (Å²) >= 11 is 0. The molecule has 0 aromatic carbocycles. The zero-order valence-corrected chi connectivity index (χ0v) is 11.7. The first-order valence-electron chi connectivity index (χ1n) is 7.92. The molecule has 0 amide bonds. The molecule has 1 N–H and O–H groups in total. The molecular formula is C16H27NO. The first-order chi connectivity index (χ1) is 8.79. The van der Waals surface area contributed by atoms with E-state index in [-0.39, 0.29) is 6.10 Å². The number of hydrogen-bond donors (Lipinski definition) is 1. The van der Waals surface area contributed by atoms with E-state index in [4.69, 9.17) is 0 Å². The van der Waals surface area contributed by atoms with Gasteiger partial charge in [-0.25, -0.2) is 0 Å². The molecule has 1 unspecified atom stereocenters. The molecule has 0 saturated carbocycles.